The quantitative estimate of drug-likeness (QED) is 0.834. The standard InChI is InChI=1S/C17H22ClN3O2/c1-11(2)9-15(17-21-20-12(3)23-17)19-16(22)8-7-13-5-4-6-14(18)10-13/h4-6,10-11,15H,7-9H2,1-3H3,(H,19,22). The Morgan fingerprint density at radius 3 is 2.74 bits per heavy atom. The van der Waals surface area contributed by atoms with Crippen molar-refractivity contribution >= 4 is 17.5 Å². The van der Waals surface area contributed by atoms with Gasteiger partial charge in [0.15, 0.2) is 0 Å². The molecule has 0 aliphatic rings. The molecule has 1 aromatic carbocycles. The number of carbonyl (C=O) groups excluding carboxylic acids is 1. The van der Waals surface area contributed by atoms with E-state index < -0.39 is 0 Å². The molecule has 1 atom stereocenters. The molecule has 0 radical (unpaired) electrons. The van der Waals surface area contributed by atoms with Crippen LogP contribution < -0.4 is 5.32 Å². The van der Waals surface area contributed by atoms with E-state index >= 15 is 0 Å². The molecule has 1 unspecified atom stereocenters. The summed E-state index contributed by atoms with van der Waals surface area (Å²) in [5, 5.41) is 11.6. The number of hydrogen-bond acceptors (Lipinski definition) is 4. The first-order valence-electron chi connectivity index (χ1n) is 7.78. The second-order valence-electron chi connectivity index (χ2n) is 6.04. The first kappa shape index (κ1) is 17.5. The van der Waals surface area contributed by atoms with E-state index in [9.17, 15) is 4.79 Å². The number of nitrogens with one attached hydrogen (secondary N) is 1. The highest BCUT2D eigenvalue weighted by molar-refractivity contribution is 6.30. The van der Waals surface area contributed by atoms with Gasteiger partial charge in [0.05, 0.1) is 0 Å². The molecule has 2 aromatic rings. The molecule has 1 aromatic heterocycles. The van der Waals surface area contributed by atoms with Crippen LogP contribution in [0.3, 0.4) is 0 Å². The molecule has 0 bridgehead atoms. The molecule has 0 fully saturated rings. The third-order valence-electron chi connectivity index (χ3n) is 3.41. The maximum absolute atomic E-state index is 12.2. The number of nitrogens with zero attached hydrogens (tertiary/aromatic N) is 2. The molecule has 0 aliphatic heterocycles. The lowest BCUT2D eigenvalue weighted by Crippen LogP contribution is -2.30. The lowest BCUT2D eigenvalue weighted by atomic mass is 10.0. The highest BCUT2D eigenvalue weighted by Crippen LogP contribution is 2.20. The summed E-state index contributed by atoms with van der Waals surface area (Å²) in [6, 6.07) is 7.30. The summed E-state index contributed by atoms with van der Waals surface area (Å²) in [6.07, 6.45) is 1.79. The van der Waals surface area contributed by atoms with Crippen LogP contribution in [0.2, 0.25) is 5.02 Å². The van der Waals surface area contributed by atoms with Crippen LogP contribution in [0.4, 0.5) is 0 Å². The summed E-state index contributed by atoms with van der Waals surface area (Å²) in [5.74, 6) is 1.33. The van der Waals surface area contributed by atoms with E-state index in [4.69, 9.17) is 16.0 Å². The van der Waals surface area contributed by atoms with Gasteiger partial charge in [-0.1, -0.05) is 37.6 Å². The van der Waals surface area contributed by atoms with E-state index in [2.05, 4.69) is 29.4 Å². The van der Waals surface area contributed by atoms with Crippen LogP contribution in [-0.4, -0.2) is 16.1 Å². The third-order valence-corrected chi connectivity index (χ3v) is 3.65. The van der Waals surface area contributed by atoms with E-state index in [1.54, 1.807) is 6.92 Å². The summed E-state index contributed by atoms with van der Waals surface area (Å²) in [5.41, 5.74) is 1.04. The Labute approximate surface area is 141 Å². The van der Waals surface area contributed by atoms with Gasteiger partial charge in [-0.3, -0.25) is 4.79 Å². The van der Waals surface area contributed by atoms with Crippen molar-refractivity contribution in [2.45, 2.75) is 46.1 Å². The summed E-state index contributed by atoms with van der Waals surface area (Å²) in [4.78, 5) is 12.2. The van der Waals surface area contributed by atoms with E-state index in [1.807, 2.05) is 24.3 Å². The fraction of sp³-hybridized carbons (Fsp3) is 0.471. The number of rotatable bonds is 7. The van der Waals surface area contributed by atoms with Crippen molar-refractivity contribution in [3.05, 3.63) is 46.6 Å². The summed E-state index contributed by atoms with van der Waals surface area (Å²) in [7, 11) is 0. The first-order chi connectivity index (χ1) is 10.9. The zero-order valence-electron chi connectivity index (χ0n) is 13.7. The Morgan fingerprint density at radius 2 is 2.13 bits per heavy atom. The van der Waals surface area contributed by atoms with Gasteiger partial charge in [-0.15, -0.1) is 10.2 Å². The molecule has 6 heteroatoms. The fourth-order valence-electron chi connectivity index (χ4n) is 2.36. The van der Waals surface area contributed by atoms with E-state index in [1.165, 1.54) is 0 Å². The SMILES string of the molecule is Cc1nnc(C(CC(C)C)NC(=O)CCc2cccc(Cl)c2)o1. The Hall–Kier alpha value is -1.88. The molecular formula is C17H22ClN3O2. The van der Waals surface area contributed by atoms with Gasteiger partial charge >= 0.3 is 0 Å². The van der Waals surface area contributed by atoms with Gasteiger partial charge in [0.25, 0.3) is 0 Å². The molecule has 0 saturated carbocycles. The van der Waals surface area contributed by atoms with Crippen molar-refractivity contribution in [2.24, 2.45) is 5.92 Å². The largest absolute Gasteiger partial charge is 0.423 e. The summed E-state index contributed by atoms with van der Waals surface area (Å²) in [6.45, 7) is 5.92. The highest BCUT2D eigenvalue weighted by Gasteiger charge is 2.21. The van der Waals surface area contributed by atoms with Crippen LogP contribution in [0, 0.1) is 12.8 Å². The first-order valence-corrected chi connectivity index (χ1v) is 8.15. The van der Waals surface area contributed by atoms with Crippen molar-refractivity contribution in [3.63, 3.8) is 0 Å². The molecule has 5 nitrogen and oxygen atoms in total. The van der Waals surface area contributed by atoms with E-state index in [0.717, 1.165) is 12.0 Å². The van der Waals surface area contributed by atoms with Gasteiger partial charge in [0.2, 0.25) is 17.7 Å². The number of benzene rings is 1. The van der Waals surface area contributed by atoms with Gasteiger partial charge in [0, 0.05) is 18.4 Å². The maximum Gasteiger partial charge on any atom is 0.238 e. The summed E-state index contributed by atoms with van der Waals surface area (Å²) < 4.78 is 5.47. The van der Waals surface area contributed by atoms with Gasteiger partial charge in [-0.25, -0.2) is 0 Å². The molecule has 1 amide bonds. The number of hydrogen-bond donors (Lipinski definition) is 1. The molecule has 2 rings (SSSR count). The molecule has 0 spiro atoms. The van der Waals surface area contributed by atoms with Crippen LogP contribution in [-0.2, 0) is 11.2 Å². The normalized spacial score (nSPS) is 12.4. The Morgan fingerprint density at radius 1 is 1.35 bits per heavy atom. The van der Waals surface area contributed by atoms with E-state index in [0.29, 0.717) is 35.6 Å². The highest BCUT2D eigenvalue weighted by atomic mass is 35.5. The van der Waals surface area contributed by atoms with Crippen molar-refractivity contribution in [3.8, 4) is 0 Å². The number of aryl methyl sites for hydroxylation is 2. The average Bonchev–Trinajstić information content (AvgIpc) is 2.91. The van der Waals surface area contributed by atoms with Crippen molar-refractivity contribution < 1.29 is 9.21 Å². The predicted molar refractivity (Wildman–Crippen MR) is 89.1 cm³/mol. The van der Waals surface area contributed by atoms with Crippen LogP contribution in [0.25, 0.3) is 0 Å². The van der Waals surface area contributed by atoms with Crippen molar-refractivity contribution in [1.29, 1.82) is 0 Å². The fourth-order valence-corrected chi connectivity index (χ4v) is 2.58. The Bertz CT molecular complexity index is 655. The predicted octanol–water partition coefficient (Wildman–Crippen LogP) is 3.87. The van der Waals surface area contributed by atoms with Crippen LogP contribution in [0.5, 0.6) is 0 Å². The van der Waals surface area contributed by atoms with Gasteiger partial charge in [0.1, 0.15) is 6.04 Å². The minimum absolute atomic E-state index is 0.0357. The summed E-state index contributed by atoms with van der Waals surface area (Å²) >= 11 is 5.96. The molecule has 1 N–H and O–H groups in total. The molecular weight excluding hydrogens is 314 g/mol. The van der Waals surface area contributed by atoms with Crippen LogP contribution in [0.1, 0.15) is 50.1 Å². The molecule has 0 aliphatic carbocycles. The Kier molecular flexibility index (Phi) is 6.16. The molecule has 1 heterocycles. The number of halogens is 1. The van der Waals surface area contributed by atoms with Crippen LogP contribution >= 0.6 is 11.6 Å². The second kappa shape index (κ2) is 8.11. The maximum atomic E-state index is 12.2. The average molecular weight is 336 g/mol. The zero-order chi connectivity index (χ0) is 16.8. The minimum Gasteiger partial charge on any atom is -0.423 e. The lowest BCUT2D eigenvalue weighted by molar-refractivity contribution is -0.122. The zero-order valence-corrected chi connectivity index (χ0v) is 14.4. The Balaban J connectivity index is 1.94. The smallest absolute Gasteiger partial charge is 0.238 e. The van der Waals surface area contributed by atoms with Gasteiger partial charge in [-0.05, 0) is 36.5 Å². The number of aromatic nitrogens is 2. The van der Waals surface area contributed by atoms with Crippen LogP contribution in [0.15, 0.2) is 28.7 Å². The topological polar surface area (TPSA) is 68.0 Å². The monoisotopic (exact) mass is 335 g/mol. The van der Waals surface area contributed by atoms with Crippen molar-refractivity contribution in [1.82, 2.24) is 15.5 Å². The van der Waals surface area contributed by atoms with Gasteiger partial charge < -0.3 is 9.73 Å². The van der Waals surface area contributed by atoms with Gasteiger partial charge in [-0.2, -0.15) is 0 Å². The molecule has 124 valence electrons. The second-order valence-corrected chi connectivity index (χ2v) is 6.48. The van der Waals surface area contributed by atoms with Crippen molar-refractivity contribution in [2.75, 3.05) is 0 Å². The number of carbonyl (C=O) groups is 1. The lowest BCUT2D eigenvalue weighted by Gasteiger charge is -2.17. The minimum atomic E-state index is -0.247. The van der Waals surface area contributed by atoms with E-state index in [-0.39, 0.29) is 11.9 Å². The third kappa shape index (κ3) is 5.67. The molecule has 23 heavy (non-hydrogen) atoms. The molecule has 0 saturated heterocycles. The number of amides is 1.